The molecule has 0 saturated carbocycles. The summed E-state index contributed by atoms with van der Waals surface area (Å²) in [6.45, 7) is 2.54. The Labute approximate surface area is 157 Å². The normalized spacial score (nSPS) is 16.1. The lowest BCUT2D eigenvalue weighted by Gasteiger charge is -2.24. The third kappa shape index (κ3) is 4.41. The van der Waals surface area contributed by atoms with E-state index in [-0.39, 0.29) is 17.8 Å². The van der Waals surface area contributed by atoms with Gasteiger partial charge in [-0.25, -0.2) is 4.39 Å². The van der Waals surface area contributed by atoms with Gasteiger partial charge < -0.3 is 9.74 Å². The van der Waals surface area contributed by atoms with Crippen molar-refractivity contribution in [3.8, 4) is 0 Å². The standard InChI is InChI=1S/C20H20ClFN2O2/c1-2-20(25)24(12-14-6-5-7-15(22)10-14)13-16-11-19(23-26-16)17-8-3-4-9-18(17)21/h3-10,16H,2,11-13H2,1H3/t16-/m0/s1. The summed E-state index contributed by atoms with van der Waals surface area (Å²) in [5, 5.41) is 4.76. The van der Waals surface area contributed by atoms with Crippen LogP contribution in [0.3, 0.4) is 0 Å². The zero-order valence-electron chi connectivity index (χ0n) is 14.5. The molecule has 0 aromatic heterocycles. The molecule has 1 aliphatic heterocycles. The molecule has 1 atom stereocenters. The van der Waals surface area contributed by atoms with Gasteiger partial charge in [-0.1, -0.05) is 54.0 Å². The Morgan fingerprint density at radius 3 is 2.85 bits per heavy atom. The number of oxime groups is 1. The van der Waals surface area contributed by atoms with Crippen LogP contribution in [0.1, 0.15) is 30.9 Å². The Hall–Kier alpha value is -2.40. The molecule has 1 heterocycles. The first kappa shape index (κ1) is 18.4. The van der Waals surface area contributed by atoms with Crippen LogP contribution in [-0.4, -0.2) is 29.2 Å². The fraction of sp³-hybridized carbons (Fsp3) is 0.300. The van der Waals surface area contributed by atoms with Crippen LogP contribution >= 0.6 is 11.6 Å². The number of amides is 1. The zero-order valence-corrected chi connectivity index (χ0v) is 15.2. The summed E-state index contributed by atoms with van der Waals surface area (Å²) in [7, 11) is 0. The smallest absolute Gasteiger partial charge is 0.222 e. The lowest BCUT2D eigenvalue weighted by molar-refractivity contribution is -0.133. The molecule has 136 valence electrons. The van der Waals surface area contributed by atoms with Gasteiger partial charge in [-0.2, -0.15) is 0 Å². The average Bonchev–Trinajstić information content (AvgIpc) is 3.09. The molecule has 0 radical (unpaired) electrons. The summed E-state index contributed by atoms with van der Waals surface area (Å²) in [5.74, 6) is -0.322. The van der Waals surface area contributed by atoms with E-state index >= 15 is 0 Å². The number of nitrogens with zero attached hydrogens (tertiary/aromatic N) is 2. The van der Waals surface area contributed by atoms with E-state index in [4.69, 9.17) is 16.4 Å². The number of hydrogen-bond donors (Lipinski definition) is 0. The van der Waals surface area contributed by atoms with E-state index < -0.39 is 0 Å². The van der Waals surface area contributed by atoms with Crippen LogP contribution in [0.2, 0.25) is 5.02 Å². The summed E-state index contributed by atoms with van der Waals surface area (Å²) in [6, 6.07) is 13.7. The third-order valence-electron chi connectivity index (χ3n) is 4.26. The number of halogens is 2. The summed E-state index contributed by atoms with van der Waals surface area (Å²) < 4.78 is 13.4. The summed E-state index contributed by atoms with van der Waals surface area (Å²) >= 11 is 6.22. The van der Waals surface area contributed by atoms with Gasteiger partial charge >= 0.3 is 0 Å². The van der Waals surface area contributed by atoms with Crippen LogP contribution < -0.4 is 0 Å². The summed E-state index contributed by atoms with van der Waals surface area (Å²) in [6.07, 6.45) is 0.700. The van der Waals surface area contributed by atoms with Crippen molar-refractivity contribution < 1.29 is 14.0 Å². The van der Waals surface area contributed by atoms with E-state index in [2.05, 4.69) is 5.16 Å². The number of carbonyl (C=O) groups excluding carboxylic acids is 1. The molecule has 0 saturated heterocycles. The van der Waals surface area contributed by atoms with Crippen molar-refractivity contribution in [1.29, 1.82) is 0 Å². The quantitative estimate of drug-likeness (QED) is 0.751. The van der Waals surface area contributed by atoms with Crippen molar-refractivity contribution in [3.05, 3.63) is 70.5 Å². The van der Waals surface area contributed by atoms with Crippen LogP contribution in [0.5, 0.6) is 0 Å². The maximum atomic E-state index is 13.4. The lowest BCUT2D eigenvalue weighted by Crippen LogP contribution is -2.36. The molecule has 2 aromatic rings. The van der Waals surface area contributed by atoms with Crippen LogP contribution in [0.15, 0.2) is 53.7 Å². The maximum Gasteiger partial charge on any atom is 0.222 e. The molecule has 6 heteroatoms. The average molecular weight is 375 g/mol. The van der Waals surface area contributed by atoms with Crippen molar-refractivity contribution >= 4 is 23.2 Å². The van der Waals surface area contributed by atoms with Gasteiger partial charge in [0.15, 0.2) is 6.10 Å². The molecular weight excluding hydrogens is 355 g/mol. The van der Waals surface area contributed by atoms with Gasteiger partial charge in [0.2, 0.25) is 5.91 Å². The monoisotopic (exact) mass is 374 g/mol. The van der Waals surface area contributed by atoms with E-state index in [0.29, 0.717) is 31.0 Å². The number of carbonyl (C=O) groups is 1. The van der Waals surface area contributed by atoms with Gasteiger partial charge in [0.1, 0.15) is 5.82 Å². The summed E-state index contributed by atoms with van der Waals surface area (Å²) in [5.41, 5.74) is 2.36. The first-order chi connectivity index (χ1) is 12.6. The third-order valence-corrected chi connectivity index (χ3v) is 4.59. The van der Waals surface area contributed by atoms with Gasteiger partial charge in [0.05, 0.1) is 12.3 Å². The minimum absolute atomic E-state index is 0.0101. The predicted octanol–water partition coefficient (Wildman–Crippen LogP) is 4.41. The Morgan fingerprint density at radius 2 is 2.12 bits per heavy atom. The number of benzene rings is 2. The fourth-order valence-corrected chi connectivity index (χ4v) is 3.21. The molecule has 1 amide bonds. The molecule has 0 N–H and O–H groups in total. The Kier molecular flexibility index (Phi) is 5.89. The first-order valence-electron chi connectivity index (χ1n) is 8.56. The van der Waals surface area contributed by atoms with Crippen LogP contribution in [0.25, 0.3) is 0 Å². The van der Waals surface area contributed by atoms with Crippen LogP contribution in [0.4, 0.5) is 4.39 Å². The second-order valence-electron chi connectivity index (χ2n) is 6.21. The summed E-state index contributed by atoms with van der Waals surface area (Å²) in [4.78, 5) is 19.5. The molecule has 1 aliphatic rings. The lowest BCUT2D eigenvalue weighted by atomic mass is 10.0. The van der Waals surface area contributed by atoms with E-state index in [0.717, 1.165) is 16.8 Å². The molecule has 0 unspecified atom stereocenters. The molecular formula is C20H20ClFN2O2. The Morgan fingerprint density at radius 1 is 1.31 bits per heavy atom. The van der Waals surface area contributed by atoms with E-state index in [1.807, 2.05) is 31.2 Å². The maximum absolute atomic E-state index is 13.4. The zero-order chi connectivity index (χ0) is 18.5. The van der Waals surface area contributed by atoms with Crippen LogP contribution in [0, 0.1) is 5.82 Å². The van der Waals surface area contributed by atoms with Crippen molar-refractivity contribution in [1.82, 2.24) is 4.90 Å². The van der Waals surface area contributed by atoms with Crippen molar-refractivity contribution in [2.24, 2.45) is 5.16 Å². The Balaban J connectivity index is 1.67. The van der Waals surface area contributed by atoms with E-state index in [1.165, 1.54) is 12.1 Å². The van der Waals surface area contributed by atoms with Gasteiger partial charge in [-0.05, 0) is 23.8 Å². The molecule has 2 aromatic carbocycles. The van der Waals surface area contributed by atoms with Crippen molar-refractivity contribution in [2.45, 2.75) is 32.4 Å². The van der Waals surface area contributed by atoms with Crippen LogP contribution in [-0.2, 0) is 16.2 Å². The molecule has 0 bridgehead atoms. The molecule has 0 fully saturated rings. The van der Waals surface area contributed by atoms with E-state index in [9.17, 15) is 9.18 Å². The van der Waals surface area contributed by atoms with Crippen molar-refractivity contribution in [2.75, 3.05) is 6.54 Å². The predicted molar refractivity (Wildman–Crippen MR) is 99.6 cm³/mol. The van der Waals surface area contributed by atoms with Gasteiger partial charge in [-0.15, -0.1) is 0 Å². The molecule has 26 heavy (non-hydrogen) atoms. The van der Waals surface area contributed by atoms with Gasteiger partial charge in [0.25, 0.3) is 0 Å². The van der Waals surface area contributed by atoms with Crippen molar-refractivity contribution in [3.63, 3.8) is 0 Å². The molecule has 4 nitrogen and oxygen atoms in total. The SMILES string of the molecule is CCC(=O)N(Cc1cccc(F)c1)C[C@@H]1CC(c2ccccc2Cl)=NO1. The molecule has 3 rings (SSSR count). The van der Waals surface area contributed by atoms with Gasteiger partial charge in [-0.3, -0.25) is 4.79 Å². The topological polar surface area (TPSA) is 41.9 Å². The first-order valence-corrected chi connectivity index (χ1v) is 8.94. The second kappa shape index (κ2) is 8.32. The number of rotatable bonds is 6. The van der Waals surface area contributed by atoms with Gasteiger partial charge in [0, 0.05) is 30.0 Å². The highest BCUT2D eigenvalue weighted by Gasteiger charge is 2.27. The highest BCUT2D eigenvalue weighted by Crippen LogP contribution is 2.23. The Bertz CT molecular complexity index is 825. The largest absolute Gasteiger partial charge is 0.390 e. The van der Waals surface area contributed by atoms with E-state index in [1.54, 1.807) is 17.0 Å². The second-order valence-corrected chi connectivity index (χ2v) is 6.61. The number of hydrogen-bond acceptors (Lipinski definition) is 3. The fourth-order valence-electron chi connectivity index (χ4n) is 2.96. The highest BCUT2D eigenvalue weighted by atomic mass is 35.5. The molecule has 0 spiro atoms. The highest BCUT2D eigenvalue weighted by molar-refractivity contribution is 6.34. The minimum Gasteiger partial charge on any atom is -0.390 e. The molecule has 0 aliphatic carbocycles. The minimum atomic E-state index is -0.312.